The Morgan fingerprint density at radius 2 is 2.08 bits per heavy atom. The molecule has 2 aromatic rings. The number of aryl methyl sites for hydroxylation is 2. The Labute approximate surface area is 152 Å². The van der Waals surface area contributed by atoms with E-state index in [2.05, 4.69) is 24.1 Å². The molecule has 0 aliphatic carbocycles. The predicted octanol–water partition coefficient (Wildman–Crippen LogP) is 3.50. The van der Waals surface area contributed by atoms with Gasteiger partial charge in [-0.05, 0) is 49.9 Å². The summed E-state index contributed by atoms with van der Waals surface area (Å²) in [4.78, 5) is 33.0. The van der Waals surface area contributed by atoms with E-state index in [1.807, 2.05) is 23.1 Å². The molecule has 6 heteroatoms. The third-order valence-corrected chi connectivity index (χ3v) is 5.76. The number of carbonyl (C=O) groups is 2. The summed E-state index contributed by atoms with van der Waals surface area (Å²) in [5, 5.41) is 2.85. The number of pyridine rings is 1. The van der Waals surface area contributed by atoms with Crippen LogP contribution in [0.25, 0.3) is 0 Å². The van der Waals surface area contributed by atoms with Gasteiger partial charge in [0.1, 0.15) is 5.82 Å². The van der Waals surface area contributed by atoms with Gasteiger partial charge in [-0.2, -0.15) is 0 Å². The number of nitrogens with zero attached hydrogens (tertiary/aromatic N) is 2. The van der Waals surface area contributed by atoms with Crippen molar-refractivity contribution in [1.82, 2.24) is 9.88 Å². The summed E-state index contributed by atoms with van der Waals surface area (Å²) < 4.78 is 0. The molecule has 0 spiro atoms. The van der Waals surface area contributed by atoms with E-state index >= 15 is 0 Å². The van der Waals surface area contributed by atoms with Crippen LogP contribution in [0.2, 0.25) is 0 Å². The average Bonchev–Trinajstić information content (AvgIpc) is 3.03. The van der Waals surface area contributed by atoms with Crippen molar-refractivity contribution in [3.63, 3.8) is 0 Å². The highest BCUT2D eigenvalue weighted by molar-refractivity contribution is 7.14. The van der Waals surface area contributed by atoms with Crippen molar-refractivity contribution < 1.29 is 9.59 Å². The Morgan fingerprint density at radius 1 is 1.32 bits per heavy atom. The van der Waals surface area contributed by atoms with E-state index in [-0.39, 0.29) is 17.7 Å². The highest BCUT2D eigenvalue weighted by Crippen LogP contribution is 2.26. The van der Waals surface area contributed by atoms with Crippen LogP contribution in [-0.2, 0) is 11.2 Å². The lowest BCUT2D eigenvalue weighted by Gasteiger charge is -2.31. The summed E-state index contributed by atoms with van der Waals surface area (Å²) in [7, 11) is 0. The number of amides is 2. The third-order valence-electron chi connectivity index (χ3n) is 4.68. The van der Waals surface area contributed by atoms with E-state index in [9.17, 15) is 9.59 Å². The number of hydrogen-bond acceptors (Lipinski definition) is 4. The molecule has 25 heavy (non-hydrogen) atoms. The number of rotatable bonds is 4. The minimum Gasteiger partial charge on any atom is -0.338 e. The molecule has 5 nitrogen and oxygen atoms in total. The van der Waals surface area contributed by atoms with Gasteiger partial charge in [-0.15, -0.1) is 11.3 Å². The van der Waals surface area contributed by atoms with Gasteiger partial charge in [-0.25, -0.2) is 4.98 Å². The number of aromatic nitrogens is 1. The van der Waals surface area contributed by atoms with Crippen LogP contribution in [0.3, 0.4) is 0 Å². The van der Waals surface area contributed by atoms with E-state index in [1.54, 1.807) is 23.6 Å². The largest absolute Gasteiger partial charge is 0.338 e. The lowest BCUT2D eigenvalue weighted by atomic mass is 9.95. The van der Waals surface area contributed by atoms with Gasteiger partial charge in [0.05, 0.1) is 4.88 Å². The normalized spacial score (nSPS) is 15.2. The van der Waals surface area contributed by atoms with E-state index < -0.39 is 0 Å². The van der Waals surface area contributed by atoms with Crippen LogP contribution in [0.1, 0.15) is 39.9 Å². The van der Waals surface area contributed by atoms with Crippen LogP contribution in [0.5, 0.6) is 0 Å². The number of hydrogen-bond donors (Lipinski definition) is 1. The molecule has 3 rings (SSSR count). The number of nitrogens with one attached hydrogen (secondary N) is 1. The molecule has 2 aromatic heterocycles. The van der Waals surface area contributed by atoms with Gasteiger partial charge in [0.25, 0.3) is 5.91 Å². The molecule has 1 aliphatic heterocycles. The first-order valence-corrected chi connectivity index (χ1v) is 9.50. The second kappa shape index (κ2) is 7.78. The van der Waals surface area contributed by atoms with E-state index in [4.69, 9.17) is 0 Å². The molecule has 132 valence electrons. The topological polar surface area (TPSA) is 62.3 Å². The van der Waals surface area contributed by atoms with Crippen molar-refractivity contribution in [2.45, 2.75) is 33.1 Å². The Balaban J connectivity index is 1.56. The van der Waals surface area contributed by atoms with Gasteiger partial charge < -0.3 is 10.2 Å². The van der Waals surface area contributed by atoms with Crippen molar-refractivity contribution >= 4 is 29.0 Å². The zero-order valence-corrected chi connectivity index (χ0v) is 15.4. The fraction of sp³-hybridized carbons (Fsp3) is 0.421. The summed E-state index contributed by atoms with van der Waals surface area (Å²) in [6.07, 6.45) is 3.99. The highest BCUT2D eigenvalue weighted by Gasteiger charge is 2.28. The third kappa shape index (κ3) is 4.07. The second-order valence-corrected chi connectivity index (χ2v) is 7.57. The average molecular weight is 357 g/mol. The van der Waals surface area contributed by atoms with Crippen LogP contribution in [0.15, 0.2) is 30.5 Å². The molecule has 0 radical (unpaired) electrons. The van der Waals surface area contributed by atoms with Crippen molar-refractivity contribution in [3.05, 3.63) is 45.8 Å². The van der Waals surface area contributed by atoms with Crippen LogP contribution in [-0.4, -0.2) is 34.8 Å². The molecule has 0 saturated carbocycles. The molecular formula is C19H23N3O2S. The fourth-order valence-electron chi connectivity index (χ4n) is 3.14. The minimum atomic E-state index is -0.0673. The first kappa shape index (κ1) is 17.6. The van der Waals surface area contributed by atoms with Crippen LogP contribution >= 0.6 is 11.3 Å². The van der Waals surface area contributed by atoms with E-state index in [0.717, 1.165) is 11.3 Å². The quantitative estimate of drug-likeness (QED) is 0.911. The lowest BCUT2D eigenvalue weighted by Crippen LogP contribution is -2.41. The Morgan fingerprint density at radius 3 is 2.68 bits per heavy atom. The molecular weight excluding hydrogens is 334 g/mol. The molecule has 0 bridgehead atoms. The smallest absolute Gasteiger partial charge is 0.263 e. The zero-order chi connectivity index (χ0) is 17.8. The number of likely N-dealkylation sites (tertiary alicyclic amines) is 1. The van der Waals surface area contributed by atoms with Crippen LogP contribution < -0.4 is 5.32 Å². The minimum absolute atomic E-state index is 0.00830. The molecule has 0 unspecified atom stereocenters. The summed E-state index contributed by atoms with van der Waals surface area (Å²) in [5.41, 5.74) is 1.25. The summed E-state index contributed by atoms with van der Waals surface area (Å²) in [6.45, 7) is 5.42. The molecule has 3 heterocycles. The van der Waals surface area contributed by atoms with Gasteiger partial charge in [0.15, 0.2) is 0 Å². The Bertz CT molecular complexity index is 749. The molecule has 1 N–H and O–H groups in total. The standard InChI is InChI=1S/C19H23N3O2S/c1-3-14-12-16(25-13(14)2)19(24)22-10-7-15(8-11-22)18(23)21-17-6-4-5-9-20-17/h4-6,9,12,15H,3,7-8,10-11H2,1-2H3,(H,20,21,23). The van der Waals surface area contributed by atoms with Crippen molar-refractivity contribution in [3.8, 4) is 0 Å². The van der Waals surface area contributed by atoms with Gasteiger partial charge in [0.2, 0.25) is 5.91 Å². The van der Waals surface area contributed by atoms with E-state index in [0.29, 0.717) is 31.7 Å². The van der Waals surface area contributed by atoms with Crippen molar-refractivity contribution in [1.29, 1.82) is 0 Å². The first-order chi connectivity index (χ1) is 12.1. The van der Waals surface area contributed by atoms with Crippen molar-refractivity contribution in [2.75, 3.05) is 18.4 Å². The first-order valence-electron chi connectivity index (χ1n) is 8.69. The summed E-state index contributed by atoms with van der Waals surface area (Å²) in [5.74, 6) is 0.594. The molecule has 0 aromatic carbocycles. The summed E-state index contributed by atoms with van der Waals surface area (Å²) in [6, 6.07) is 7.46. The molecule has 1 fully saturated rings. The number of carbonyl (C=O) groups excluding carboxylic acids is 2. The van der Waals surface area contributed by atoms with Gasteiger partial charge in [-0.1, -0.05) is 13.0 Å². The predicted molar refractivity (Wildman–Crippen MR) is 99.9 cm³/mol. The molecule has 0 atom stereocenters. The van der Waals surface area contributed by atoms with E-state index in [1.165, 1.54) is 10.4 Å². The fourth-order valence-corrected chi connectivity index (χ4v) is 4.22. The van der Waals surface area contributed by atoms with Crippen LogP contribution in [0.4, 0.5) is 5.82 Å². The Hall–Kier alpha value is -2.21. The van der Waals surface area contributed by atoms with Gasteiger partial charge in [-0.3, -0.25) is 9.59 Å². The molecule has 1 saturated heterocycles. The Kier molecular flexibility index (Phi) is 5.48. The zero-order valence-electron chi connectivity index (χ0n) is 14.6. The SMILES string of the molecule is CCc1cc(C(=O)N2CCC(C(=O)Nc3ccccn3)CC2)sc1C. The molecule has 2 amide bonds. The highest BCUT2D eigenvalue weighted by atomic mass is 32.1. The van der Waals surface area contributed by atoms with Crippen molar-refractivity contribution in [2.24, 2.45) is 5.92 Å². The maximum atomic E-state index is 12.7. The maximum absolute atomic E-state index is 12.7. The lowest BCUT2D eigenvalue weighted by molar-refractivity contribution is -0.121. The van der Waals surface area contributed by atoms with Gasteiger partial charge >= 0.3 is 0 Å². The maximum Gasteiger partial charge on any atom is 0.263 e. The second-order valence-electron chi connectivity index (χ2n) is 6.32. The summed E-state index contributed by atoms with van der Waals surface area (Å²) >= 11 is 1.57. The number of piperidine rings is 1. The molecule has 1 aliphatic rings. The van der Waals surface area contributed by atoms with Gasteiger partial charge in [0, 0.05) is 30.1 Å². The number of anilines is 1. The number of thiophene rings is 1. The van der Waals surface area contributed by atoms with Crippen LogP contribution in [0, 0.1) is 12.8 Å². The monoisotopic (exact) mass is 357 g/mol.